The molecular weight excluding hydrogens is 154 g/mol. The molecule has 2 atom stereocenters. The van der Waals surface area contributed by atoms with Gasteiger partial charge in [-0.05, 0) is 0 Å². The normalized spacial score (nSPS) is 15.3. The molecule has 0 aromatic carbocycles. The number of carbonyl (C=O) groups is 1. The summed E-state index contributed by atoms with van der Waals surface area (Å²) in [7, 11) is 1.12. The molecule has 0 aliphatic heterocycles. The Bertz CT molecular complexity index is 128. The molecule has 0 aromatic rings. The van der Waals surface area contributed by atoms with E-state index in [1.54, 1.807) is 0 Å². The maximum absolute atomic E-state index is 10.4. The minimum Gasteiger partial charge on any atom is -0.453 e. The molecule has 0 bridgehead atoms. The van der Waals surface area contributed by atoms with Gasteiger partial charge in [0.1, 0.15) is 6.10 Å². The van der Waals surface area contributed by atoms with Crippen LogP contribution in [-0.4, -0.2) is 47.5 Å². The summed E-state index contributed by atoms with van der Waals surface area (Å²) in [5.74, 6) is 0. The molecule has 0 aliphatic carbocycles. The molecule has 0 aliphatic rings. The van der Waals surface area contributed by atoms with Crippen LogP contribution in [0.25, 0.3) is 0 Å². The first-order valence-electron chi connectivity index (χ1n) is 2.93. The standard InChI is InChI=1S/C5H11NO5/c1-11-5(10)6-4(9)3(8)2-7/h3-4,7-9H,2H2,1H3,(H,6,10). The maximum Gasteiger partial charge on any atom is 0.408 e. The minimum atomic E-state index is -1.51. The van der Waals surface area contributed by atoms with Crippen LogP contribution < -0.4 is 5.32 Å². The van der Waals surface area contributed by atoms with Crippen molar-refractivity contribution >= 4 is 6.09 Å². The Hall–Kier alpha value is -0.850. The third-order valence-corrected chi connectivity index (χ3v) is 1.00. The van der Waals surface area contributed by atoms with Crippen molar-refractivity contribution in [2.45, 2.75) is 12.3 Å². The lowest BCUT2D eigenvalue weighted by molar-refractivity contribution is -0.0285. The zero-order valence-electron chi connectivity index (χ0n) is 6.02. The first kappa shape index (κ1) is 10.2. The van der Waals surface area contributed by atoms with E-state index in [0.717, 1.165) is 7.11 Å². The minimum absolute atomic E-state index is 0.634. The molecule has 0 heterocycles. The Kier molecular flexibility index (Phi) is 4.51. The lowest BCUT2D eigenvalue weighted by atomic mass is 10.3. The van der Waals surface area contributed by atoms with Gasteiger partial charge in [-0.25, -0.2) is 4.79 Å². The molecule has 6 nitrogen and oxygen atoms in total. The number of rotatable bonds is 3. The van der Waals surface area contributed by atoms with Gasteiger partial charge in [-0.2, -0.15) is 0 Å². The number of aliphatic hydroxyl groups is 3. The van der Waals surface area contributed by atoms with Gasteiger partial charge in [0.15, 0.2) is 6.23 Å². The average molecular weight is 165 g/mol. The predicted octanol–water partition coefficient (Wildman–Crippen LogP) is -1.99. The fourth-order valence-corrected chi connectivity index (χ4v) is 0.376. The number of alkyl carbamates (subject to hydrolysis) is 1. The summed E-state index contributed by atoms with van der Waals surface area (Å²) in [6.07, 6.45) is -3.77. The highest BCUT2D eigenvalue weighted by molar-refractivity contribution is 5.67. The lowest BCUT2D eigenvalue weighted by Gasteiger charge is -2.15. The van der Waals surface area contributed by atoms with Gasteiger partial charge in [-0.1, -0.05) is 0 Å². The van der Waals surface area contributed by atoms with E-state index in [9.17, 15) is 4.79 Å². The van der Waals surface area contributed by atoms with E-state index in [1.807, 2.05) is 5.32 Å². The van der Waals surface area contributed by atoms with Crippen molar-refractivity contribution in [1.29, 1.82) is 0 Å². The fourth-order valence-electron chi connectivity index (χ4n) is 0.376. The SMILES string of the molecule is COC(=O)NC(O)C(O)CO. The number of amides is 1. The molecule has 0 rings (SSSR count). The van der Waals surface area contributed by atoms with Crippen LogP contribution in [0, 0.1) is 0 Å². The molecule has 11 heavy (non-hydrogen) atoms. The van der Waals surface area contributed by atoms with Crippen LogP contribution in [0.15, 0.2) is 0 Å². The molecule has 0 aromatic heterocycles. The summed E-state index contributed by atoms with van der Waals surface area (Å²) in [6, 6.07) is 0. The third-order valence-electron chi connectivity index (χ3n) is 1.00. The second-order valence-electron chi connectivity index (χ2n) is 1.83. The predicted molar refractivity (Wildman–Crippen MR) is 34.6 cm³/mol. The van der Waals surface area contributed by atoms with Crippen LogP contribution in [0.2, 0.25) is 0 Å². The Morgan fingerprint density at radius 2 is 2.18 bits per heavy atom. The number of carbonyl (C=O) groups excluding carboxylic acids is 1. The highest BCUT2D eigenvalue weighted by Gasteiger charge is 2.16. The average Bonchev–Trinajstić information content (AvgIpc) is 2.02. The molecule has 0 spiro atoms. The first-order chi connectivity index (χ1) is 5.11. The Labute approximate surface area is 63.4 Å². The number of hydrogen-bond donors (Lipinski definition) is 4. The lowest BCUT2D eigenvalue weighted by Crippen LogP contribution is -2.44. The van der Waals surface area contributed by atoms with Crippen molar-refractivity contribution < 1.29 is 24.9 Å². The molecule has 0 fully saturated rings. The van der Waals surface area contributed by atoms with Crippen LogP contribution in [0.4, 0.5) is 4.79 Å². The Balaban J connectivity index is 3.67. The summed E-state index contributed by atoms with van der Waals surface area (Å²) in [4.78, 5) is 10.4. The van der Waals surface area contributed by atoms with Gasteiger partial charge in [-0.3, -0.25) is 5.32 Å². The highest BCUT2D eigenvalue weighted by atomic mass is 16.5. The molecule has 4 N–H and O–H groups in total. The number of ether oxygens (including phenoxy) is 1. The van der Waals surface area contributed by atoms with Gasteiger partial charge in [-0.15, -0.1) is 0 Å². The number of methoxy groups -OCH3 is 1. The monoisotopic (exact) mass is 165 g/mol. The number of hydrogen-bond acceptors (Lipinski definition) is 5. The van der Waals surface area contributed by atoms with E-state index >= 15 is 0 Å². The van der Waals surface area contributed by atoms with Gasteiger partial charge in [0.2, 0.25) is 0 Å². The maximum atomic E-state index is 10.4. The van der Waals surface area contributed by atoms with Crippen molar-refractivity contribution in [3.63, 3.8) is 0 Å². The van der Waals surface area contributed by atoms with Crippen LogP contribution >= 0.6 is 0 Å². The molecule has 1 amide bonds. The van der Waals surface area contributed by atoms with Crippen molar-refractivity contribution in [3.8, 4) is 0 Å². The zero-order valence-corrected chi connectivity index (χ0v) is 6.02. The largest absolute Gasteiger partial charge is 0.453 e. The summed E-state index contributed by atoms with van der Waals surface area (Å²) < 4.78 is 4.11. The van der Waals surface area contributed by atoms with E-state index in [0.29, 0.717) is 0 Å². The van der Waals surface area contributed by atoms with Crippen LogP contribution in [0.3, 0.4) is 0 Å². The fraction of sp³-hybridized carbons (Fsp3) is 0.800. The molecule has 0 saturated carbocycles. The van der Waals surface area contributed by atoms with Crippen LogP contribution in [-0.2, 0) is 4.74 Å². The number of aliphatic hydroxyl groups excluding tert-OH is 3. The van der Waals surface area contributed by atoms with E-state index < -0.39 is 25.0 Å². The summed E-state index contributed by atoms with van der Waals surface area (Å²) in [6.45, 7) is -0.634. The highest BCUT2D eigenvalue weighted by Crippen LogP contribution is 1.87. The van der Waals surface area contributed by atoms with Crippen molar-refractivity contribution in [1.82, 2.24) is 5.32 Å². The molecule has 2 unspecified atom stereocenters. The molecule has 0 saturated heterocycles. The van der Waals surface area contributed by atoms with Crippen molar-refractivity contribution in [2.24, 2.45) is 0 Å². The van der Waals surface area contributed by atoms with Crippen LogP contribution in [0.1, 0.15) is 0 Å². The number of nitrogens with one attached hydrogen (secondary N) is 1. The second kappa shape index (κ2) is 4.89. The quantitative estimate of drug-likeness (QED) is 0.363. The third kappa shape index (κ3) is 3.76. The molecule has 6 heteroatoms. The summed E-state index contributed by atoms with van der Waals surface area (Å²) in [5.41, 5.74) is 0. The molecular formula is C5H11NO5. The van der Waals surface area contributed by atoms with E-state index in [4.69, 9.17) is 15.3 Å². The van der Waals surface area contributed by atoms with Gasteiger partial charge in [0.25, 0.3) is 0 Å². The van der Waals surface area contributed by atoms with E-state index in [-0.39, 0.29) is 0 Å². The van der Waals surface area contributed by atoms with Gasteiger partial charge in [0.05, 0.1) is 13.7 Å². The second-order valence-corrected chi connectivity index (χ2v) is 1.83. The van der Waals surface area contributed by atoms with Gasteiger partial charge >= 0.3 is 6.09 Å². The summed E-state index contributed by atoms with van der Waals surface area (Å²) >= 11 is 0. The first-order valence-corrected chi connectivity index (χ1v) is 2.93. The van der Waals surface area contributed by atoms with E-state index in [2.05, 4.69) is 4.74 Å². The molecule has 0 radical (unpaired) electrons. The van der Waals surface area contributed by atoms with E-state index in [1.165, 1.54) is 0 Å². The Morgan fingerprint density at radius 3 is 2.55 bits per heavy atom. The smallest absolute Gasteiger partial charge is 0.408 e. The molecule has 66 valence electrons. The van der Waals surface area contributed by atoms with Crippen molar-refractivity contribution in [3.05, 3.63) is 0 Å². The van der Waals surface area contributed by atoms with Crippen LogP contribution in [0.5, 0.6) is 0 Å². The zero-order chi connectivity index (χ0) is 8.85. The van der Waals surface area contributed by atoms with Gasteiger partial charge in [0, 0.05) is 0 Å². The van der Waals surface area contributed by atoms with Crippen molar-refractivity contribution in [2.75, 3.05) is 13.7 Å². The van der Waals surface area contributed by atoms with Gasteiger partial charge < -0.3 is 20.1 Å². The summed E-state index contributed by atoms with van der Waals surface area (Å²) in [5, 5.41) is 27.7. The topological polar surface area (TPSA) is 99.0 Å². The Morgan fingerprint density at radius 1 is 1.64 bits per heavy atom.